The molecular weight excluding hydrogens is 514 g/mol. The maximum Gasteiger partial charge on any atom is 1.00 e. The molecule has 0 aliphatic heterocycles. The summed E-state index contributed by atoms with van der Waals surface area (Å²) in [5, 5.41) is 13.8. The van der Waals surface area contributed by atoms with Crippen molar-refractivity contribution >= 4 is 77.0 Å². The molecule has 12 heteroatoms. The van der Waals surface area contributed by atoms with E-state index < -0.39 is 11.1 Å². The molecule has 34 heavy (non-hydrogen) atoms. The minimum atomic E-state index is -2.45. The summed E-state index contributed by atoms with van der Waals surface area (Å²) in [6.45, 7) is 7.14. The van der Waals surface area contributed by atoms with Gasteiger partial charge in [-0.1, -0.05) is 36.9 Å². The van der Waals surface area contributed by atoms with Crippen LogP contribution in [0.15, 0.2) is 74.9 Å². The summed E-state index contributed by atoms with van der Waals surface area (Å²) in [6.07, 6.45) is 6.84. The normalized spacial score (nSPS) is 11.7. The summed E-state index contributed by atoms with van der Waals surface area (Å²) in [5.74, 6) is 0. The summed E-state index contributed by atoms with van der Waals surface area (Å²) in [4.78, 5) is 10.9. The fourth-order valence-corrected chi connectivity index (χ4v) is 4.41. The Morgan fingerprint density at radius 2 is 1.68 bits per heavy atom. The maximum absolute atomic E-state index is 11.6. The van der Waals surface area contributed by atoms with Crippen molar-refractivity contribution in [2.24, 2.45) is 9.98 Å². The molecule has 0 radical (unpaired) electrons. The molecule has 7 nitrogen and oxygen atoms in total. The maximum atomic E-state index is 11.6. The average molecular weight is 531 g/mol. The van der Waals surface area contributed by atoms with Gasteiger partial charge in [0.05, 0.1) is 23.4 Å². The second-order valence-corrected chi connectivity index (χ2v) is 8.89. The average Bonchev–Trinajstić information content (AvgIpc) is 3.28. The summed E-state index contributed by atoms with van der Waals surface area (Å²) in [5.41, 5.74) is 2.23. The minimum absolute atomic E-state index is 0. The number of hydrogen-bond acceptors (Lipinski definition) is 9. The zero-order valence-corrected chi connectivity index (χ0v) is 25.0. The van der Waals surface area contributed by atoms with Crippen LogP contribution in [0.1, 0.15) is 20.9 Å². The van der Waals surface area contributed by atoms with Gasteiger partial charge in [-0.3, -0.25) is 19.2 Å². The first-order valence-electron chi connectivity index (χ1n) is 8.95. The Labute approximate surface area is 252 Å². The van der Waals surface area contributed by atoms with Crippen molar-refractivity contribution in [3.63, 3.8) is 0 Å². The van der Waals surface area contributed by atoms with E-state index in [1.807, 2.05) is 12.1 Å². The molecule has 0 amide bonds. The predicted molar refractivity (Wildman–Crippen MR) is 128 cm³/mol. The van der Waals surface area contributed by atoms with Crippen LogP contribution in [0.2, 0.25) is 0 Å². The van der Waals surface area contributed by atoms with Gasteiger partial charge in [0.25, 0.3) is 0 Å². The van der Waals surface area contributed by atoms with E-state index >= 15 is 0 Å². The number of aliphatic imine (C=N–C) groups is 2. The van der Waals surface area contributed by atoms with Crippen LogP contribution in [-0.2, 0) is 20.5 Å². The molecular formula is C22H16N2Na2O5S3. The van der Waals surface area contributed by atoms with Gasteiger partial charge in [-0.2, -0.15) is 4.33 Å². The zero-order chi connectivity index (χ0) is 22.9. The number of nitrogens with zero attached hydrogens (tertiary/aromatic N) is 2. The molecule has 0 saturated carbocycles. The molecule has 0 saturated heterocycles. The van der Waals surface area contributed by atoms with Crippen molar-refractivity contribution in [3.05, 3.63) is 76.0 Å². The van der Waals surface area contributed by atoms with Crippen molar-refractivity contribution in [2.45, 2.75) is 9.79 Å². The van der Waals surface area contributed by atoms with Crippen molar-refractivity contribution in [1.82, 2.24) is 0 Å². The molecule has 0 aliphatic carbocycles. The number of rotatable bonds is 10. The van der Waals surface area contributed by atoms with Gasteiger partial charge in [0.2, 0.25) is 0 Å². The molecule has 1 heterocycles. The van der Waals surface area contributed by atoms with Crippen molar-refractivity contribution in [3.8, 4) is 0 Å². The second kappa shape index (κ2) is 16.1. The fraction of sp³-hybridized carbons (Fsp3) is 0. The molecule has 0 aliphatic rings. The summed E-state index contributed by atoms with van der Waals surface area (Å²) < 4.78 is 27.6. The van der Waals surface area contributed by atoms with Crippen LogP contribution in [0.4, 0.5) is 11.4 Å². The van der Waals surface area contributed by atoms with Crippen LogP contribution >= 0.6 is 23.4 Å². The SMILES string of the molecule is C=Cc1ccc(C=Nc2ccc(/C=C/c3ccc(N=C)cc3S(=O)[O-])c(SOO[O-])c2)s1.[Na+].[Na+]. The Bertz CT molecular complexity index is 1220. The smallest absolute Gasteiger partial charge is 0.768 e. The van der Waals surface area contributed by atoms with Gasteiger partial charge < -0.3 is 9.81 Å². The Morgan fingerprint density at radius 3 is 2.32 bits per heavy atom. The van der Waals surface area contributed by atoms with Crippen molar-refractivity contribution in [2.75, 3.05) is 0 Å². The first-order chi connectivity index (χ1) is 15.5. The monoisotopic (exact) mass is 530 g/mol. The Kier molecular flexibility index (Phi) is 14.9. The molecule has 1 aromatic heterocycles. The van der Waals surface area contributed by atoms with Gasteiger partial charge in [-0.15, -0.1) is 11.3 Å². The third-order valence-corrected chi connectivity index (χ3v) is 6.53. The van der Waals surface area contributed by atoms with E-state index in [2.05, 4.69) is 32.7 Å². The van der Waals surface area contributed by atoms with E-state index in [1.54, 1.807) is 66.1 Å². The summed E-state index contributed by atoms with van der Waals surface area (Å²) in [6, 6.07) is 13.9. The summed E-state index contributed by atoms with van der Waals surface area (Å²) >= 11 is -0.167. The van der Waals surface area contributed by atoms with Crippen LogP contribution in [-0.4, -0.2) is 21.7 Å². The summed E-state index contributed by atoms with van der Waals surface area (Å²) in [7, 11) is 0. The first-order valence-corrected chi connectivity index (χ1v) is 11.6. The van der Waals surface area contributed by atoms with Crippen LogP contribution in [0.3, 0.4) is 0 Å². The predicted octanol–water partition coefficient (Wildman–Crippen LogP) is -0.879. The molecule has 3 rings (SSSR count). The molecule has 0 bridgehead atoms. The largest absolute Gasteiger partial charge is 1.00 e. The topological polar surface area (TPSA) is 106 Å². The van der Waals surface area contributed by atoms with E-state index in [9.17, 15) is 14.0 Å². The molecule has 0 spiro atoms. The van der Waals surface area contributed by atoms with Crippen LogP contribution in [0.25, 0.3) is 18.2 Å². The van der Waals surface area contributed by atoms with E-state index in [4.69, 9.17) is 0 Å². The van der Waals surface area contributed by atoms with Crippen molar-refractivity contribution < 1.29 is 82.5 Å². The molecule has 3 aromatic rings. The van der Waals surface area contributed by atoms with E-state index in [-0.39, 0.29) is 64.0 Å². The van der Waals surface area contributed by atoms with Gasteiger partial charge in [0.1, 0.15) is 0 Å². The quantitative estimate of drug-likeness (QED) is 0.0641. The van der Waals surface area contributed by atoms with Crippen LogP contribution < -0.4 is 64.4 Å². The molecule has 164 valence electrons. The van der Waals surface area contributed by atoms with E-state index in [0.717, 1.165) is 21.8 Å². The van der Waals surface area contributed by atoms with Crippen LogP contribution in [0, 0.1) is 0 Å². The van der Waals surface area contributed by atoms with Crippen molar-refractivity contribution in [1.29, 1.82) is 0 Å². The molecule has 1 unspecified atom stereocenters. The van der Waals surface area contributed by atoms with Gasteiger partial charge >= 0.3 is 59.1 Å². The Balaban J connectivity index is 0.00000289. The second-order valence-electron chi connectivity index (χ2n) is 6.09. The fourth-order valence-electron chi connectivity index (χ4n) is 2.63. The third kappa shape index (κ3) is 9.07. The number of thiophene rings is 1. The zero-order valence-electron chi connectivity index (χ0n) is 18.5. The van der Waals surface area contributed by atoms with Gasteiger partial charge in [0, 0.05) is 25.8 Å². The Hall–Kier alpha value is -0.700. The van der Waals surface area contributed by atoms with Crippen LogP contribution in [0.5, 0.6) is 0 Å². The minimum Gasteiger partial charge on any atom is -0.768 e. The first kappa shape index (κ1) is 31.3. The van der Waals surface area contributed by atoms with Gasteiger partial charge in [-0.05, 0) is 65.3 Å². The molecule has 0 N–H and O–H groups in total. The van der Waals surface area contributed by atoms with E-state index in [0.29, 0.717) is 27.4 Å². The van der Waals surface area contributed by atoms with Gasteiger partial charge in [0.15, 0.2) is 0 Å². The van der Waals surface area contributed by atoms with E-state index in [1.165, 1.54) is 6.07 Å². The standard InChI is InChI=1S/C22H18N2O5S3.2Na/c1-3-19-10-11-20(30-19)14-24-18-9-6-15(21(12-18)31-29-28-25)4-5-16-7-8-17(23-2)13-22(16)32(26)27;;/h3-14,25H,1-2H2,(H,26,27);;/q;2*+1/p-2/b5-4+,24-14?;;. The molecule has 0 fully saturated rings. The molecule has 1 atom stereocenters. The number of benzene rings is 2. The number of hydrogen-bond donors (Lipinski definition) is 0. The Morgan fingerprint density at radius 1 is 1.00 bits per heavy atom. The molecule has 2 aromatic carbocycles. The van der Waals surface area contributed by atoms with Gasteiger partial charge in [-0.25, -0.2) is 0 Å². The third-order valence-electron chi connectivity index (χ3n) is 4.14.